The fraction of sp³-hybridized carbons (Fsp3) is 0.409. The van der Waals surface area contributed by atoms with Crippen molar-refractivity contribution in [3.8, 4) is 11.1 Å². The molecule has 1 saturated heterocycles. The second-order valence-electron chi connectivity index (χ2n) is 7.56. The molecule has 0 saturated carbocycles. The summed E-state index contributed by atoms with van der Waals surface area (Å²) >= 11 is 0. The van der Waals surface area contributed by atoms with Crippen molar-refractivity contribution in [1.82, 2.24) is 4.90 Å². The predicted molar refractivity (Wildman–Crippen MR) is 107 cm³/mol. The van der Waals surface area contributed by atoms with Crippen LogP contribution in [0.5, 0.6) is 0 Å². The number of ether oxygens (including phenoxy) is 1. The number of carbonyl (C=O) groups excluding carboxylic acids is 1. The van der Waals surface area contributed by atoms with Gasteiger partial charge < -0.3 is 15.4 Å². The van der Waals surface area contributed by atoms with E-state index in [9.17, 15) is 4.79 Å². The van der Waals surface area contributed by atoms with Crippen molar-refractivity contribution < 1.29 is 9.53 Å². The van der Waals surface area contributed by atoms with Crippen molar-refractivity contribution in [1.29, 1.82) is 0 Å². The molecule has 3 rings (SSSR count). The number of benzene rings is 2. The molecule has 1 heterocycles. The zero-order valence-electron chi connectivity index (χ0n) is 16.0. The van der Waals surface area contributed by atoms with Crippen LogP contribution in [-0.4, -0.2) is 35.7 Å². The van der Waals surface area contributed by atoms with Crippen molar-refractivity contribution in [2.75, 3.05) is 13.1 Å². The van der Waals surface area contributed by atoms with E-state index in [1.165, 1.54) is 11.1 Å². The molecule has 140 valence electrons. The molecule has 4 heteroatoms. The van der Waals surface area contributed by atoms with Crippen LogP contribution in [0.4, 0.5) is 4.79 Å². The van der Waals surface area contributed by atoms with E-state index in [2.05, 4.69) is 48.5 Å². The standard InChI is InChI=1S/C12H10.C10H20N2O2/c1-3-7-11(8-4-1)12-9-5-2-6-10-12;1-10(2,3)14-9(13)12-6-4-5-8(11)7-12/h1-10H;8H,4-7,11H2,1-3H3. The van der Waals surface area contributed by atoms with E-state index in [1.54, 1.807) is 4.90 Å². The summed E-state index contributed by atoms with van der Waals surface area (Å²) < 4.78 is 5.26. The van der Waals surface area contributed by atoms with E-state index < -0.39 is 5.60 Å². The number of hydrogen-bond donors (Lipinski definition) is 1. The smallest absolute Gasteiger partial charge is 0.410 e. The SMILES string of the molecule is CC(C)(C)OC(=O)N1CCCC(N)C1.c1ccc(-c2ccccc2)cc1. The number of amides is 1. The minimum Gasteiger partial charge on any atom is -0.444 e. The van der Waals surface area contributed by atoms with Gasteiger partial charge in [-0.1, -0.05) is 60.7 Å². The molecule has 1 atom stereocenters. The first-order chi connectivity index (χ1) is 12.3. The molecule has 0 aliphatic carbocycles. The molecule has 0 aromatic heterocycles. The van der Waals surface area contributed by atoms with Crippen molar-refractivity contribution >= 4 is 6.09 Å². The lowest BCUT2D eigenvalue weighted by molar-refractivity contribution is 0.0200. The summed E-state index contributed by atoms with van der Waals surface area (Å²) in [6, 6.07) is 20.9. The number of hydrogen-bond acceptors (Lipinski definition) is 3. The normalized spacial score (nSPS) is 17.1. The summed E-state index contributed by atoms with van der Waals surface area (Å²) in [6.07, 6.45) is 1.73. The molecule has 26 heavy (non-hydrogen) atoms. The number of nitrogens with zero attached hydrogens (tertiary/aromatic N) is 1. The molecule has 4 nitrogen and oxygen atoms in total. The van der Waals surface area contributed by atoms with Gasteiger partial charge in [0.25, 0.3) is 0 Å². The van der Waals surface area contributed by atoms with Crippen molar-refractivity contribution in [2.45, 2.75) is 45.3 Å². The summed E-state index contributed by atoms with van der Waals surface area (Å²) in [4.78, 5) is 13.3. The highest BCUT2D eigenvalue weighted by Crippen LogP contribution is 2.17. The first-order valence-corrected chi connectivity index (χ1v) is 9.19. The summed E-state index contributed by atoms with van der Waals surface area (Å²) in [5, 5.41) is 0. The van der Waals surface area contributed by atoms with Crippen LogP contribution in [0.1, 0.15) is 33.6 Å². The Balaban J connectivity index is 0.000000189. The summed E-state index contributed by atoms with van der Waals surface area (Å²) in [7, 11) is 0. The highest BCUT2D eigenvalue weighted by molar-refractivity contribution is 5.68. The molecule has 1 aliphatic heterocycles. The van der Waals surface area contributed by atoms with Gasteiger partial charge in [-0.15, -0.1) is 0 Å². The highest BCUT2D eigenvalue weighted by Gasteiger charge is 2.25. The minimum atomic E-state index is -0.418. The Bertz CT molecular complexity index is 628. The van der Waals surface area contributed by atoms with Gasteiger partial charge >= 0.3 is 6.09 Å². The number of nitrogens with two attached hydrogens (primary N) is 1. The molecule has 1 aliphatic rings. The largest absolute Gasteiger partial charge is 0.444 e. The van der Waals surface area contributed by atoms with Gasteiger partial charge in [0.05, 0.1) is 0 Å². The summed E-state index contributed by atoms with van der Waals surface area (Å²) in [6.45, 7) is 7.00. The molecule has 1 amide bonds. The monoisotopic (exact) mass is 354 g/mol. The Morgan fingerprint density at radius 2 is 1.50 bits per heavy atom. The maximum Gasteiger partial charge on any atom is 0.410 e. The third kappa shape index (κ3) is 6.89. The van der Waals surface area contributed by atoms with Crippen molar-refractivity contribution in [3.05, 3.63) is 60.7 Å². The average Bonchev–Trinajstić information content (AvgIpc) is 2.62. The van der Waals surface area contributed by atoms with Gasteiger partial charge in [0, 0.05) is 19.1 Å². The minimum absolute atomic E-state index is 0.108. The molecule has 2 aromatic carbocycles. The van der Waals surface area contributed by atoms with Crippen LogP contribution in [-0.2, 0) is 4.74 Å². The molecule has 0 spiro atoms. The lowest BCUT2D eigenvalue weighted by Gasteiger charge is -2.32. The summed E-state index contributed by atoms with van der Waals surface area (Å²) in [5.74, 6) is 0. The Morgan fingerprint density at radius 3 is 1.92 bits per heavy atom. The third-order valence-corrected chi connectivity index (χ3v) is 3.99. The van der Waals surface area contributed by atoms with Gasteiger partial charge in [0.1, 0.15) is 5.60 Å². The van der Waals surface area contributed by atoms with Crippen LogP contribution in [0.3, 0.4) is 0 Å². The Morgan fingerprint density at radius 1 is 1.00 bits per heavy atom. The number of rotatable bonds is 1. The van der Waals surface area contributed by atoms with Crippen molar-refractivity contribution in [3.63, 3.8) is 0 Å². The van der Waals surface area contributed by atoms with Crippen LogP contribution < -0.4 is 5.73 Å². The molecule has 2 N–H and O–H groups in total. The fourth-order valence-electron chi connectivity index (χ4n) is 2.76. The van der Waals surface area contributed by atoms with Crippen LogP contribution in [0, 0.1) is 0 Å². The molecule has 1 unspecified atom stereocenters. The zero-order chi connectivity index (χ0) is 19.0. The van der Waals surface area contributed by atoms with E-state index in [1.807, 2.05) is 32.9 Å². The number of piperidine rings is 1. The van der Waals surface area contributed by atoms with Gasteiger partial charge in [-0.25, -0.2) is 4.79 Å². The molecule has 1 fully saturated rings. The molecule has 2 aromatic rings. The first-order valence-electron chi connectivity index (χ1n) is 9.19. The Kier molecular flexibility index (Phi) is 7.22. The molecule has 0 bridgehead atoms. The third-order valence-electron chi connectivity index (χ3n) is 3.99. The fourth-order valence-corrected chi connectivity index (χ4v) is 2.76. The second kappa shape index (κ2) is 9.39. The zero-order valence-corrected chi connectivity index (χ0v) is 16.0. The van der Waals surface area contributed by atoms with E-state index >= 15 is 0 Å². The van der Waals surface area contributed by atoms with Crippen LogP contribution in [0.2, 0.25) is 0 Å². The van der Waals surface area contributed by atoms with E-state index in [0.717, 1.165) is 19.4 Å². The van der Waals surface area contributed by atoms with Gasteiger partial charge in [-0.2, -0.15) is 0 Å². The second-order valence-corrected chi connectivity index (χ2v) is 7.56. The average molecular weight is 354 g/mol. The molecule has 0 radical (unpaired) electrons. The van der Waals surface area contributed by atoms with Gasteiger partial charge in [-0.05, 0) is 44.7 Å². The Labute approximate surface area is 157 Å². The van der Waals surface area contributed by atoms with Crippen LogP contribution >= 0.6 is 0 Å². The lowest BCUT2D eigenvalue weighted by Crippen LogP contribution is -2.47. The van der Waals surface area contributed by atoms with E-state index in [0.29, 0.717) is 6.54 Å². The maximum absolute atomic E-state index is 11.6. The number of carbonyl (C=O) groups is 1. The van der Waals surface area contributed by atoms with Crippen molar-refractivity contribution in [2.24, 2.45) is 5.73 Å². The first kappa shape index (κ1) is 20.0. The van der Waals surface area contributed by atoms with Crippen LogP contribution in [0.15, 0.2) is 60.7 Å². The quantitative estimate of drug-likeness (QED) is 0.808. The predicted octanol–water partition coefficient (Wildman–Crippen LogP) is 4.70. The van der Waals surface area contributed by atoms with E-state index in [4.69, 9.17) is 10.5 Å². The highest BCUT2D eigenvalue weighted by atomic mass is 16.6. The molecular formula is C22H30N2O2. The maximum atomic E-state index is 11.6. The topological polar surface area (TPSA) is 55.6 Å². The Hall–Kier alpha value is -2.33. The number of likely N-dealkylation sites (tertiary alicyclic amines) is 1. The lowest BCUT2D eigenvalue weighted by atomic mass is 10.1. The van der Waals surface area contributed by atoms with Gasteiger partial charge in [0.2, 0.25) is 0 Å². The van der Waals surface area contributed by atoms with Gasteiger partial charge in [0.15, 0.2) is 0 Å². The summed E-state index contributed by atoms with van der Waals surface area (Å²) in [5.41, 5.74) is 7.91. The van der Waals surface area contributed by atoms with Crippen LogP contribution in [0.25, 0.3) is 11.1 Å². The van der Waals surface area contributed by atoms with E-state index in [-0.39, 0.29) is 12.1 Å². The molecular weight excluding hydrogens is 324 g/mol. The van der Waals surface area contributed by atoms with Gasteiger partial charge in [-0.3, -0.25) is 0 Å².